The molecule has 1 heterocycles. The Kier molecular flexibility index (Phi) is 5.81. The SMILES string of the molecule is Cc1ccsc1[C@H](O)CNC(=O)C(=O)Nc1cccc(C(F)(F)F)c1. The summed E-state index contributed by atoms with van der Waals surface area (Å²) in [6.07, 6.45) is -5.52. The molecule has 3 N–H and O–H groups in total. The summed E-state index contributed by atoms with van der Waals surface area (Å²) in [5, 5.41) is 16.1. The van der Waals surface area contributed by atoms with E-state index in [1.807, 2.05) is 6.07 Å². The summed E-state index contributed by atoms with van der Waals surface area (Å²) in [6.45, 7) is 1.62. The molecule has 0 saturated carbocycles. The maximum Gasteiger partial charge on any atom is 0.416 e. The van der Waals surface area contributed by atoms with Crippen molar-refractivity contribution in [2.45, 2.75) is 19.2 Å². The van der Waals surface area contributed by atoms with E-state index < -0.39 is 29.7 Å². The van der Waals surface area contributed by atoms with Crippen molar-refractivity contribution in [2.24, 2.45) is 0 Å². The van der Waals surface area contributed by atoms with E-state index >= 15 is 0 Å². The number of aliphatic hydroxyl groups excluding tert-OH is 1. The Morgan fingerprint density at radius 2 is 1.96 bits per heavy atom. The molecular weight excluding hydrogens is 357 g/mol. The van der Waals surface area contributed by atoms with E-state index in [0.29, 0.717) is 4.88 Å². The van der Waals surface area contributed by atoms with E-state index in [0.717, 1.165) is 23.8 Å². The van der Waals surface area contributed by atoms with Gasteiger partial charge in [0.25, 0.3) is 0 Å². The number of carbonyl (C=O) groups is 2. The zero-order valence-corrected chi connectivity index (χ0v) is 13.9. The molecule has 0 unspecified atom stereocenters. The zero-order valence-electron chi connectivity index (χ0n) is 13.1. The first-order chi connectivity index (χ1) is 11.7. The van der Waals surface area contributed by atoms with Gasteiger partial charge in [-0.2, -0.15) is 13.2 Å². The van der Waals surface area contributed by atoms with E-state index in [1.165, 1.54) is 17.4 Å². The van der Waals surface area contributed by atoms with Crippen molar-refractivity contribution in [3.8, 4) is 0 Å². The molecule has 0 saturated heterocycles. The van der Waals surface area contributed by atoms with Gasteiger partial charge in [-0.15, -0.1) is 11.3 Å². The first-order valence-electron chi connectivity index (χ1n) is 7.17. The zero-order chi connectivity index (χ0) is 18.6. The molecule has 0 fully saturated rings. The van der Waals surface area contributed by atoms with E-state index in [1.54, 1.807) is 12.3 Å². The summed E-state index contributed by atoms with van der Waals surface area (Å²) in [4.78, 5) is 24.2. The van der Waals surface area contributed by atoms with Crippen LogP contribution in [0.5, 0.6) is 0 Å². The molecule has 0 aliphatic rings. The Balaban J connectivity index is 1.92. The molecule has 134 valence electrons. The fourth-order valence-corrected chi connectivity index (χ4v) is 2.96. The van der Waals surface area contributed by atoms with Crippen molar-refractivity contribution in [1.29, 1.82) is 0 Å². The first-order valence-corrected chi connectivity index (χ1v) is 8.05. The van der Waals surface area contributed by atoms with Crippen molar-refractivity contribution in [1.82, 2.24) is 5.32 Å². The quantitative estimate of drug-likeness (QED) is 0.722. The van der Waals surface area contributed by atoms with Crippen LogP contribution in [0.3, 0.4) is 0 Å². The fourth-order valence-electron chi connectivity index (χ4n) is 2.05. The van der Waals surface area contributed by atoms with Crippen LogP contribution in [0.15, 0.2) is 35.7 Å². The van der Waals surface area contributed by atoms with Gasteiger partial charge >= 0.3 is 18.0 Å². The molecule has 0 aliphatic heterocycles. The normalized spacial score (nSPS) is 12.5. The van der Waals surface area contributed by atoms with Crippen LogP contribution in [-0.4, -0.2) is 23.5 Å². The summed E-state index contributed by atoms with van der Waals surface area (Å²) in [5.41, 5.74) is -0.223. The molecule has 0 aliphatic carbocycles. The molecule has 2 amide bonds. The lowest BCUT2D eigenvalue weighted by atomic mass is 10.2. The molecule has 0 spiro atoms. The lowest BCUT2D eigenvalue weighted by molar-refractivity contribution is -0.137. The average Bonchev–Trinajstić information content (AvgIpc) is 2.97. The minimum atomic E-state index is -4.55. The highest BCUT2D eigenvalue weighted by Gasteiger charge is 2.30. The van der Waals surface area contributed by atoms with Crippen LogP contribution in [0.2, 0.25) is 0 Å². The summed E-state index contributed by atoms with van der Waals surface area (Å²) < 4.78 is 37.9. The van der Waals surface area contributed by atoms with Gasteiger partial charge in [-0.1, -0.05) is 6.07 Å². The number of halogens is 3. The number of carbonyl (C=O) groups excluding carboxylic acids is 2. The number of thiophene rings is 1. The highest BCUT2D eigenvalue weighted by molar-refractivity contribution is 7.10. The molecule has 9 heteroatoms. The monoisotopic (exact) mass is 372 g/mol. The van der Waals surface area contributed by atoms with Crippen LogP contribution < -0.4 is 10.6 Å². The molecule has 0 radical (unpaired) electrons. The molecule has 2 aromatic rings. The van der Waals surface area contributed by atoms with Gasteiger partial charge in [0.1, 0.15) is 6.10 Å². The number of benzene rings is 1. The lowest BCUT2D eigenvalue weighted by Crippen LogP contribution is -2.37. The molecular formula is C16H15F3N2O3S. The summed E-state index contributed by atoms with van der Waals surface area (Å²) in [6, 6.07) is 5.76. The number of aliphatic hydroxyl groups is 1. The molecule has 25 heavy (non-hydrogen) atoms. The minimum absolute atomic E-state index is 0.148. The summed E-state index contributed by atoms with van der Waals surface area (Å²) >= 11 is 1.32. The number of rotatable bonds is 4. The summed E-state index contributed by atoms with van der Waals surface area (Å²) in [5.74, 6) is -2.17. The van der Waals surface area contributed by atoms with E-state index in [9.17, 15) is 27.9 Å². The maximum atomic E-state index is 12.6. The van der Waals surface area contributed by atoms with Gasteiger partial charge in [0, 0.05) is 17.1 Å². The average molecular weight is 372 g/mol. The van der Waals surface area contributed by atoms with Gasteiger partial charge in [-0.3, -0.25) is 9.59 Å². The maximum absolute atomic E-state index is 12.6. The van der Waals surface area contributed by atoms with Crippen molar-refractivity contribution in [2.75, 3.05) is 11.9 Å². The number of hydrogen-bond donors (Lipinski definition) is 3. The smallest absolute Gasteiger partial charge is 0.386 e. The number of anilines is 1. The third-order valence-electron chi connectivity index (χ3n) is 3.31. The number of hydrogen-bond acceptors (Lipinski definition) is 4. The van der Waals surface area contributed by atoms with Crippen LogP contribution in [0.25, 0.3) is 0 Å². The minimum Gasteiger partial charge on any atom is -0.386 e. The molecule has 2 rings (SSSR count). The molecule has 5 nitrogen and oxygen atoms in total. The second-order valence-electron chi connectivity index (χ2n) is 5.23. The van der Waals surface area contributed by atoms with Crippen molar-refractivity contribution in [3.05, 3.63) is 51.7 Å². The molecule has 0 bridgehead atoms. The van der Waals surface area contributed by atoms with E-state index in [4.69, 9.17) is 0 Å². The Labute approximate surface area is 145 Å². The van der Waals surface area contributed by atoms with E-state index in [2.05, 4.69) is 10.6 Å². The predicted octanol–water partition coefficient (Wildman–Crippen LogP) is 2.86. The van der Waals surface area contributed by atoms with Gasteiger partial charge in [0.2, 0.25) is 0 Å². The Morgan fingerprint density at radius 1 is 1.24 bits per heavy atom. The van der Waals surface area contributed by atoms with Crippen LogP contribution in [0.1, 0.15) is 22.1 Å². The van der Waals surface area contributed by atoms with Gasteiger partial charge in [0.05, 0.1) is 5.56 Å². The Morgan fingerprint density at radius 3 is 2.56 bits per heavy atom. The predicted molar refractivity (Wildman–Crippen MR) is 87.1 cm³/mol. The molecule has 1 aromatic carbocycles. The van der Waals surface area contributed by atoms with Gasteiger partial charge in [-0.05, 0) is 42.1 Å². The number of amides is 2. The largest absolute Gasteiger partial charge is 0.416 e. The highest BCUT2D eigenvalue weighted by atomic mass is 32.1. The van der Waals surface area contributed by atoms with Gasteiger partial charge in [-0.25, -0.2) is 0 Å². The third kappa shape index (κ3) is 5.04. The van der Waals surface area contributed by atoms with Crippen molar-refractivity contribution >= 4 is 28.8 Å². The molecule has 1 aromatic heterocycles. The molecule has 1 atom stereocenters. The third-order valence-corrected chi connectivity index (χ3v) is 4.43. The fraction of sp³-hybridized carbons (Fsp3) is 0.250. The number of alkyl halides is 3. The summed E-state index contributed by atoms with van der Waals surface area (Å²) in [7, 11) is 0. The van der Waals surface area contributed by atoms with Crippen molar-refractivity contribution < 1.29 is 27.9 Å². The Bertz CT molecular complexity index is 774. The lowest BCUT2D eigenvalue weighted by Gasteiger charge is -2.12. The van der Waals surface area contributed by atoms with Crippen LogP contribution >= 0.6 is 11.3 Å². The number of aryl methyl sites for hydroxylation is 1. The standard InChI is InChI=1S/C16H15F3N2O3S/c1-9-5-6-25-13(9)12(22)8-20-14(23)15(24)21-11-4-2-3-10(7-11)16(17,18)19/h2-7,12,22H,8H2,1H3,(H,20,23)(H,21,24)/t12-/m1/s1. The topological polar surface area (TPSA) is 78.4 Å². The van der Waals surface area contributed by atoms with Crippen LogP contribution in [0, 0.1) is 6.92 Å². The first kappa shape index (κ1) is 18.9. The highest BCUT2D eigenvalue weighted by Crippen LogP contribution is 2.30. The second-order valence-corrected chi connectivity index (χ2v) is 6.17. The van der Waals surface area contributed by atoms with Crippen molar-refractivity contribution in [3.63, 3.8) is 0 Å². The van der Waals surface area contributed by atoms with Crippen LogP contribution in [-0.2, 0) is 15.8 Å². The van der Waals surface area contributed by atoms with Gasteiger partial charge in [0.15, 0.2) is 0 Å². The van der Waals surface area contributed by atoms with E-state index in [-0.39, 0.29) is 12.2 Å². The van der Waals surface area contributed by atoms with Gasteiger partial charge < -0.3 is 15.7 Å². The Hall–Kier alpha value is -2.39. The number of nitrogens with one attached hydrogen (secondary N) is 2. The van der Waals surface area contributed by atoms with Crippen LogP contribution in [0.4, 0.5) is 18.9 Å². The second kappa shape index (κ2) is 7.66.